The third-order valence-corrected chi connectivity index (χ3v) is 6.34. The molecule has 3 aromatic heterocycles. The molecule has 0 aromatic carbocycles. The smallest absolute Gasteiger partial charge is 0.154 e. The van der Waals surface area contributed by atoms with Crippen molar-refractivity contribution in [1.82, 2.24) is 25.1 Å². The molecule has 1 aliphatic rings. The summed E-state index contributed by atoms with van der Waals surface area (Å²) in [6.07, 6.45) is 7.59. The van der Waals surface area contributed by atoms with Crippen LogP contribution >= 0.6 is 0 Å². The fraction of sp³-hybridized carbons (Fsp3) is 0.458. The van der Waals surface area contributed by atoms with Crippen LogP contribution in [0.1, 0.15) is 43.3 Å². The maximum absolute atomic E-state index is 11.1. The second kappa shape index (κ2) is 8.78. The molecule has 1 saturated heterocycles. The topological polar surface area (TPSA) is 91.2 Å². The first-order valence-electron chi connectivity index (χ1n) is 11.0. The van der Waals surface area contributed by atoms with E-state index in [0.29, 0.717) is 19.5 Å². The van der Waals surface area contributed by atoms with Gasteiger partial charge >= 0.3 is 0 Å². The number of pyridine rings is 1. The molecule has 1 N–H and O–H groups in total. The average molecular weight is 434 g/mol. The second-order valence-electron chi connectivity index (χ2n) is 9.10. The van der Waals surface area contributed by atoms with Crippen LogP contribution in [0.5, 0.6) is 0 Å². The van der Waals surface area contributed by atoms with Crippen molar-refractivity contribution >= 4 is 11.6 Å². The van der Waals surface area contributed by atoms with Gasteiger partial charge in [-0.15, -0.1) is 5.10 Å². The summed E-state index contributed by atoms with van der Waals surface area (Å²) in [6.45, 7) is 11.3. The molecule has 0 saturated carbocycles. The highest BCUT2D eigenvalue weighted by Gasteiger charge is 2.41. The van der Waals surface area contributed by atoms with Crippen LogP contribution in [0.15, 0.2) is 43.0 Å². The van der Waals surface area contributed by atoms with Gasteiger partial charge in [0.15, 0.2) is 5.82 Å². The minimum atomic E-state index is -0.949. The Hall–Kier alpha value is -3.13. The van der Waals surface area contributed by atoms with Gasteiger partial charge in [0, 0.05) is 49.8 Å². The number of rotatable bonds is 5. The summed E-state index contributed by atoms with van der Waals surface area (Å²) in [5.74, 6) is 1.64. The van der Waals surface area contributed by atoms with Gasteiger partial charge in [-0.2, -0.15) is 5.10 Å². The van der Waals surface area contributed by atoms with Crippen LogP contribution in [0.25, 0.3) is 0 Å². The zero-order chi connectivity index (χ0) is 22.9. The van der Waals surface area contributed by atoms with Gasteiger partial charge in [-0.25, -0.2) is 4.98 Å². The van der Waals surface area contributed by atoms with Crippen LogP contribution in [0.2, 0.25) is 0 Å². The molecule has 0 spiro atoms. The zero-order valence-electron chi connectivity index (χ0n) is 19.4. The second-order valence-corrected chi connectivity index (χ2v) is 9.10. The van der Waals surface area contributed by atoms with Crippen LogP contribution in [0.4, 0.5) is 11.6 Å². The summed E-state index contributed by atoms with van der Waals surface area (Å²) >= 11 is 0. The molecule has 2 atom stereocenters. The highest BCUT2D eigenvalue weighted by atomic mass is 16.3. The molecule has 1 unspecified atom stereocenters. The standard InChI is InChI=1S/C24H31N7O/c1-16-14-31(21(24(4,5)32)15-30(16)22-13-25-10-11-27-22)23-18(3)17(2)20(28-29-23)12-19-8-6-7-9-26-19/h6-11,13,16,21,32H,12,14-15H2,1-5H3/t16-,21?/m1/s1. The lowest BCUT2D eigenvalue weighted by atomic mass is 9.92. The molecule has 32 heavy (non-hydrogen) atoms. The third-order valence-electron chi connectivity index (χ3n) is 6.34. The van der Waals surface area contributed by atoms with Crippen molar-refractivity contribution in [2.75, 3.05) is 22.9 Å². The van der Waals surface area contributed by atoms with E-state index in [4.69, 9.17) is 0 Å². The summed E-state index contributed by atoms with van der Waals surface area (Å²) in [5, 5.41) is 20.3. The molecular formula is C24H31N7O. The maximum atomic E-state index is 11.1. The van der Waals surface area contributed by atoms with Gasteiger partial charge in [-0.1, -0.05) is 6.07 Å². The minimum absolute atomic E-state index is 0.167. The highest BCUT2D eigenvalue weighted by Crippen LogP contribution is 2.32. The molecule has 168 valence electrons. The van der Waals surface area contributed by atoms with E-state index in [1.807, 2.05) is 32.0 Å². The van der Waals surface area contributed by atoms with Crippen LogP contribution in [0.3, 0.4) is 0 Å². The summed E-state index contributed by atoms with van der Waals surface area (Å²) < 4.78 is 0. The molecule has 3 aromatic rings. The zero-order valence-corrected chi connectivity index (χ0v) is 19.4. The van der Waals surface area contributed by atoms with E-state index in [9.17, 15) is 5.11 Å². The maximum Gasteiger partial charge on any atom is 0.154 e. The number of nitrogens with zero attached hydrogens (tertiary/aromatic N) is 7. The number of hydrogen-bond donors (Lipinski definition) is 1. The number of aliphatic hydroxyl groups is 1. The molecule has 1 aliphatic heterocycles. The number of anilines is 2. The molecule has 1 fully saturated rings. The largest absolute Gasteiger partial charge is 0.388 e. The van der Waals surface area contributed by atoms with Crippen molar-refractivity contribution in [3.05, 3.63) is 65.5 Å². The molecular weight excluding hydrogens is 402 g/mol. The molecule has 0 amide bonds. The van der Waals surface area contributed by atoms with E-state index in [-0.39, 0.29) is 12.1 Å². The molecule has 4 rings (SSSR count). The van der Waals surface area contributed by atoms with E-state index in [0.717, 1.165) is 34.2 Å². The van der Waals surface area contributed by atoms with Crippen LogP contribution in [-0.4, -0.2) is 61.0 Å². The lowest BCUT2D eigenvalue weighted by Crippen LogP contribution is -2.64. The normalized spacial score (nSPS) is 19.3. The Morgan fingerprint density at radius 1 is 1.00 bits per heavy atom. The van der Waals surface area contributed by atoms with Crippen LogP contribution in [-0.2, 0) is 6.42 Å². The summed E-state index contributed by atoms with van der Waals surface area (Å²) in [7, 11) is 0. The Morgan fingerprint density at radius 3 is 2.47 bits per heavy atom. The van der Waals surface area contributed by atoms with Crippen LogP contribution in [0, 0.1) is 13.8 Å². The van der Waals surface area contributed by atoms with Crippen molar-refractivity contribution in [3.63, 3.8) is 0 Å². The highest BCUT2D eigenvalue weighted by molar-refractivity contribution is 5.54. The summed E-state index contributed by atoms with van der Waals surface area (Å²) in [5.41, 5.74) is 3.14. The fourth-order valence-corrected chi connectivity index (χ4v) is 4.33. The first kappa shape index (κ1) is 22.1. The van der Waals surface area contributed by atoms with E-state index in [1.54, 1.807) is 24.8 Å². The predicted octanol–water partition coefficient (Wildman–Crippen LogP) is 2.72. The molecule has 8 nitrogen and oxygen atoms in total. The van der Waals surface area contributed by atoms with E-state index in [1.165, 1.54) is 0 Å². The first-order valence-corrected chi connectivity index (χ1v) is 11.0. The Morgan fingerprint density at radius 2 is 1.81 bits per heavy atom. The van der Waals surface area contributed by atoms with Crippen molar-refractivity contribution < 1.29 is 5.11 Å². The lowest BCUT2D eigenvalue weighted by Gasteiger charge is -2.50. The van der Waals surface area contributed by atoms with E-state index in [2.05, 4.69) is 55.7 Å². The number of piperazine rings is 1. The minimum Gasteiger partial charge on any atom is -0.388 e. The number of aromatic nitrogens is 5. The van der Waals surface area contributed by atoms with Gasteiger partial charge in [-0.3, -0.25) is 9.97 Å². The van der Waals surface area contributed by atoms with Crippen LogP contribution < -0.4 is 9.80 Å². The summed E-state index contributed by atoms with van der Waals surface area (Å²) in [6, 6.07) is 5.88. The average Bonchev–Trinajstić information content (AvgIpc) is 2.77. The summed E-state index contributed by atoms with van der Waals surface area (Å²) in [4.78, 5) is 17.5. The first-order chi connectivity index (χ1) is 15.3. The lowest BCUT2D eigenvalue weighted by molar-refractivity contribution is 0.0453. The SMILES string of the molecule is Cc1c(Cc2ccccn2)nnc(N2C[C@@H](C)N(c3cnccn3)CC2C(C)(C)O)c1C. The molecule has 8 heteroatoms. The Balaban J connectivity index is 1.66. The monoisotopic (exact) mass is 433 g/mol. The fourth-order valence-electron chi connectivity index (χ4n) is 4.33. The quantitative estimate of drug-likeness (QED) is 0.657. The van der Waals surface area contributed by atoms with Gasteiger partial charge in [0.1, 0.15) is 5.82 Å². The van der Waals surface area contributed by atoms with Gasteiger partial charge in [0.2, 0.25) is 0 Å². The van der Waals surface area contributed by atoms with Gasteiger partial charge in [-0.05, 0) is 57.9 Å². The Kier molecular flexibility index (Phi) is 6.06. The van der Waals surface area contributed by atoms with E-state index >= 15 is 0 Å². The molecule has 0 radical (unpaired) electrons. The van der Waals surface area contributed by atoms with Crippen molar-refractivity contribution in [1.29, 1.82) is 0 Å². The van der Waals surface area contributed by atoms with Gasteiger partial charge in [0.25, 0.3) is 0 Å². The van der Waals surface area contributed by atoms with Crippen molar-refractivity contribution in [2.24, 2.45) is 0 Å². The van der Waals surface area contributed by atoms with E-state index < -0.39 is 5.60 Å². The molecule has 0 aliphatic carbocycles. The Labute approximate surface area is 189 Å². The third kappa shape index (κ3) is 4.41. The van der Waals surface area contributed by atoms with Crippen molar-refractivity contribution in [3.8, 4) is 0 Å². The Bertz CT molecular complexity index is 1050. The van der Waals surface area contributed by atoms with Gasteiger partial charge in [0.05, 0.1) is 23.5 Å². The predicted molar refractivity (Wildman–Crippen MR) is 125 cm³/mol. The van der Waals surface area contributed by atoms with Crippen molar-refractivity contribution in [2.45, 2.75) is 58.7 Å². The molecule has 0 bridgehead atoms. The van der Waals surface area contributed by atoms with Gasteiger partial charge < -0.3 is 14.9 Å². The number of hydrogen-bond acceptors (Lipinski definition) is 8. The molecule has 4 heterocycles.